The molecule has 2 heterocycles. The van der Waals surface area contributed by atoms with Crippen molar-refractivity contribution in [2.75, 3.05) is 24.9 Å². The first-order valence-corrected chi connectivity index (χ1v) is 11.0. The summed E-state index contributed by atoms with van der Waals surface area (Å²) in [6.45, 7) is 0.113. The first-order chi connectivity index (χ1) is 13.9. The van der Waals surface area contributed by atoms with Crippen LogP contribution in [0, 0.1) is 0 Å². The quantitative estimate of drug-likeness (QED) is 0.699. The van der Waals surface area contributed by atoms with Crippen LogP contribution in [-0.2, 0) is 21.2 Å². The van der Waals surface area contributed by atoms with Gasteiger partial charge in [-0.25, -0.2) is 13.2 Å². The number of nitrogens with one attached hydrogen (secondary N) is 1. The van der Waals surface area contributed by atoms with Crippen molar-refractivity contribution in [2.45, 2.75) is 19.0 Å². The van der Waals surface area contributed by atoms with E-state index in [1.54, 1.807) is 6.07 Å². The highest BCUT2D eigenvalue weighted by Crippen LogP contribution is 2.37. The van der Waals surface area contributed by atoms with Crippen LogP contribution in [-0.4, -0.2) is 50.4 Å². The minimum atomic E-state index is -2.99. The number of rotatable bonds is 7. The van der Waals surface area contributed by atoms with Crippen molar-refractivity contribution in [3.05, 3.63) is 42.0 Å². The minimum Gasteiger partial charge on any atom is -0.482 e. The van der Waals surface area contributed by atoms with Crippen LogP contribution < -0.4 is 19.5 Å². The van der Waals surface area contributed by atoms with Gasteiger partial charge in [0.05, 0.1) is 11.5 Å². The van der Waals surface area contributed by atoms with Gasteiger partial charge in [-0.2, -0.15) is 0 Å². The lowest BCUT2D eigenvalue weighted by atomic mass is 10.0. The molecule has 0 aromatic heterocycles. The Balaban J connectivity index is 1.57. The highest BCUT2D eigenvalue weighted by molar-refractivity contribution is 7.91. The predicted octanol–water partition coefficient (Wildman–Crippen LogP) is 1.82. The van der Waals surface area contributed by atoms with Gasteiger partial charge in [0.1, 0.15) is 5.75 Å². The molecule has 0 amide bonds. The molecule has 9 heteroatoms. The Bertz CT molecular complexity index is 1040. The molecule has 0 aliphatic carbocycles. The molecule has 4 rings (SSSR count). The Morgan fingerprint density at radius 2 is 1.90 bits per heavy atom. The van der Waals surface area contributed by atoms with Gasteiger partial charge in [0, 0.05) is 18.2 Å². The molecule has 0 bridgehead atoms. The molecule has 154 valence electrons. The number of fused-ring (bicyclic) bond motifs is 1. The second-order valence-electron chi connectivity index (χ2n) is 7.05. The van der Waals surface area contributed by atoms with Crippen LogP contribution in [0.2, 0.25) is 0 Å². The summed E-state index contributed by atoms with van der Waals surface area (Å²) in [5.41, 5.74) is 2.58. The summed E-state index contributed by atoms with van der Waals surface area (Å²) < 4.78 is 39.5. The highest BCUT2D eigenvalue weighted by Gasteiger charge is 2.27. The Hall–Kier alpha value is -2.78. The van der Waals surface area contributed by atoms with Crippen molar-refractivity contribution >= 4 is 15.8 Å². The third kappa shape index (κ3) is 4.63. The third-order valence-corrected chi connectivity index (χ3v) is 6.70. The maximum atomic E-state index is 11.7. The number of carboxylic acids is 1. The van der Waals surface area contributed by atoms with E-state index in [0.29, 0.717) is 30.2 Å². The van der Waals surface area contributed by atoms with Crippen LogP contribution in [0.25, 0.3) is 11.1 Å². The summed E-state index contributed by atoms with van der Waals surface area (Å²) in [6, 6.07) is 11.0. The second-order valence-corrected chi connectivity index (χ2v) is 9.28. The lowest BCUT2D eigenvalue weighted by molar-refractivity contribution is -0.139. The Morgan fingerprint density at radius 3 is 2.66 bits per heavy atom. The maximum Gasteiger partial charge on any atom is 0.341 e. The molecule has 2 aliphatic heterocycles. The van der Waals surface area contributed by atoms with Crippen LogP contribution in [0.4, 0.5) is 0 Å². The van der Waals surface area contributed by atoms with Gasteiger partial charge < -0.3 is 24.6 Å². The van der Waals surface area contributed by atoms with E-state index in [-0.39, 0.29) is 24.3 Å². The molecule has 8 nitrogen and oxygen atoms in total. The van der Waals surface area contributed by atoms with E-state index in [0.717, 1.165) is 16.7 Å². The number of ether oxygens (including phenoxy) is 3. The Morgan fingerprint density at radius 1 is 1.14 bits per heavy atom. The monoisotopic (exact) mass is 419 g/mol. The number of hydrogen-bond donors (Lipinski definition) is 2. The molecule has 2 N–H and O–H groups in total. The number of hydrogen-bond acceptors (Lipinski definition) is 7. The number of benzene rings is 2. The molecule has 2 aromatic rings. The normalized spacial score (nSPS) is 19.2. The van der Waals surface area contributed by atoms with Crippen LogP contribution in [0.1, 0.15) is 12.0 Å². The predicted molar refractivity (Wildman–Crippen MR) is 105 cm³/mol. The molecule has 1 atom stereocenters. The van der Waals surface area contributed by atoms with Crippen molar-refractivity contribution in [1.29, 1.82) is 0 Å². The summed E-state index contributed by atoms with van der Waals surface area (Å²) in [7, 11) is -2.99. The molecule has 2 aliphatic rings. The molecular weight excluding hydrogens is 398 g/mol. The van der Waals surface area contributed by atoms with Crippen LogP contribution >= 0.6 is 0 Å². The van der Waals surface area contributed by atoms with Crippen molar-refractivity contribution in [2.24, 2.45) is 0 Å². The van der Waals surface area contributed by atoms with E-state index in [1.807, 2.05) is 30.3 Å². The minimum absolute atomic E-state index is 0.111. The zero-order chi connectivity index (χ0) is 20.4. The van der Waals surface area contributed by atoms with Crippen molar-refractivity contribution < 1.29 is 32.5 Å². The Labute approximate surface area is 168 Å². The number of carbonyl (C=O) groups is 1. The smallest absolute Gasteiger partial charge is 0.341 e. The van der Waals surface area contributed by atoms with E-state index in [1.165, 1.54) is 0 Å². The van der Waals surface area contributed by atoms with Gasteiger partial charge in [0.25, 0.3) is 0 Å². The van der Waals surface area contributed by atoms with E-state index in [4.69, 9.17) is 19.3 Å². The van der Waals surface area contributed by atoms with Gasteiger partial charge in [0.2, 0.25) is 6.79 Å². The van der Waals surface area contributed by atoms with Gasteiger partial charge in [-0.15, -0.1) is 0 Å². The Kier molecular flexibility index (Phi) is 5.33. The summed E-state index contributed by atoms with van der Waals surface area (Å²) in [5, 5.41) is 12.2. The van der Waals surface area contributed by atoms with Gasteiger partial charge in [-0.3, -0.25) is 0 Å². The van der Waals surface area contributed by atoms with Gasteiger partial charge in [0.15, 0.2) is 27.9 Å². The number of carboxylic acid groups (broad SMARTS) is 1. The summed E-state index contributed by atoms with van der Waals surface area (Å²) >= 11 is 0. The first-order valence-electron chi connectivity index (χ1n) is 9.21. The second kappa shape index (κ2) is 7.92. The standard InChI is InChI=1S/C20H21NO7S/c22-20(23)10-26-17-3-1-13(14-2-4-18-19(8-14)28-12-27-18)7-15(17)9-21-16-5-6-29(24,25)11-16/h1-4,7-8,16,21H,5-6,9-12H2,(H,22,23). The number of aliphatic carboxylic acids is 1. The maximum absolute atomic E-state index is 11.7. The van der Waals surface area contributed by atoms with Gasteiger partial charge in [-0.1, -0.05) is 12.1 Å². The zero-order valence-electron chi connectivity index (χ0n) is 15.6. The van der Waals surface area contributed by atoms with E-state index in [9.17, 15) is 13.2 Å². The molecular formula is C20H21NO7S. The van der Waals surface area contributed by atoms with Gasteiger partial charge >= 0.3 is 5.97 Å². The van der Waals surface area contributed by atoms with Crippen molar-refractivity contribution in [3.63, 3.8) is 0 Å². The summed E-state index contributed by atoms with van der Waals surface area (Å²) in [6.07, 6.45) is 0.565. The van der Waals surface area contributed by atoms with E-state index >= 15 is 0 Å². The highest BCUT2D eigenvalue weighted by atomic mass is 32.2. The molecule has 0 saturated carbocycles. The van der Waals surface area contributed by atoms with Crippen molar-refractivity contribution in [3.8, 4) is 28.4 Å². The first kappa shape index (κ1) is 19.5. The third-order valence-electron chi connectivity index (χ3n) is 4.93. The molecule has 1 saturated heterocycles. The van der Waals surface area contributed by atoms with Crippen LogP contribution in [0.15, 0.2) is 36.4 Å². The zero-order valence-corrected chi connectivity index (χ0v) is 16.4. The molecule has 2 aromatic carbocycles. The van der Waals surface area contributed by atoms with E-state index in [2.05, 4.69) is 5.32 Å². The number of sulfone groups is 1. The van der Waals surface area contributed by atoms with Crippen LogP contribution in [0.3, 0.4) is 0 Å². The van der Waals surface area contributed by atoms with E-state index < -0.39 is 22.4 Å². The molecule has 0 spiro atoms. The molecule has 0 radical (unpaired) electrons. The fraction of sp³-hybridized carbons (Fsp3) is 0.350. The van der Waals surface area contributed by atoms with Crippen LogP contribution in [0.5, 0.6) is 17.2 Å². The largest absolute Gasteiger partial charge is 0.482 e. The average Bonchev–Trinajstić information content (AvgIpc) is 3.30. The summed E-state index contributed by atoms with van der Waals surface area (Å²) in [4.78, 5) is 10.9. The fourth-order valence-corrected chi connectivity index (χ4v) is 5.17. The molecule has 1 unspecified atom stereocenters. The average molecular weight is 419 g/mol. The van der Waals surface area contributed by atoms with Gasteiger partial charge in [-0.05, 0) is 41.8 Å². The fourth-order valence-electron chi connectivity index (χ4n) is 3.46. The van der Waals surface area contributed by atoms with Crippen molar-refractivity contribution in [1.82, 2.24) is 5.32 Å². The topological polar surface area (TPSA) is 111 Å². The molecule has 29 heavy (non-hydrogen) atoms. The molecule has 1 fully saturated rings. The lowest BCUT2D eigenvalue weighted by Crippen LogP contribution is -2.29. The summed E-state index contributed by atoms with van der Waals surface area (Å²) in [5.74, 6) is 1.05. The lowest BCUT2D eigenvalue weighted by Gasteiger charge is -2.16. The SMILES string of the molecule is O=C(O)COc1ccc(-c2ccc3c(c2)OCO3)cc1CNC1CCS(=O)(=O)C1.